The zero-order valence-electron chi connectivity index (χ0n) is 23.1. The van der Waals surface area contributed by atoms with Crippen LogP contribution in [-0.4, -0.2) is 46.0 Å². The minimum atomic E-state index is -0.840. The number of hydrogen-bond acceptors (Lipinski definition) is 7. The van der Waals surface area contributed by atoms with Crippen molar-refractivity contribution < 1.29 is 28.9 Å². The average molecular weight is 543 g/mol. The van der Waals surface area contributed by atoms with Crippen LogP contribution in [0.4, 0.5) is 0 Å². The SMILES string of the molecule is CCCCOc1ccc([C@H]2C(=C(O)c3ccc4c(c3)C[C@@H](C)O4)C(=O)C(=O)N2Cc2cccnc2)cc1OCC. The number of nitrogens with zero attached hydrogens (tertiary/aromatic N) is 2. The number of Topliss-reactive ketones (excluding diaryl/α,β-unsaturated/α-hetero) is 1. The predicted molar refractivity (Wildman–Crippen MR) is 150 cm³/mol. The molecule has 5 rings (SSSR count). The van der Waals surface area contributed by atoms with E-state index < -0.39 is 17.7 Å². The number of carbonyl (C=O) groups excluding carboxylic acids is 2. The number of aliphatic hydroxyl groups excluding tert-OH is 1. The van der Waals surface area contributed by atoms with Crippen molar-refractivity contribution in [2.45, 2.75) is 58.7 Å². The molecule has 8 nitrogen and oxygen atoms in total. The number of ether oxygens (including phenoxy) is 3. The molecular formula is C32H34N2O6. The van der Waals surface area contributed by atoms with E-state index in [1.54, 1.807) is 42.7 Å². The Morgan fingerprint density at radius 1 is 1.10 bits per heavy atom. The second-order valence-electron chi connectivity index (χ2n) is 10.1. The van der Waals surface area contributed by atoms with Gasteiger partial charge in [0.1, 0.15) is 17.6 Å². The van der Waals surface area contributed by atoms with Gasteiger partial charge in [0.15, 0.2) is 11.5 Å². The number of hydrogen-bond donors (Lipinski definition) is 1. The van der Waals surface area contributed by atoms with E-state index in [1.807, 2.05) is 32.0 Å². The van der Waals surface area contributed by atoms with Crippen LogP contribution in [0.1, 0.15) is 61.9 Å². The monoisotopic (exact) mass is 542 g/mol. The Morgan fingerprint density at radius 3 is 2.70 bits per heavy atom. The Kier molecular flexibility index (Phi) is 8.05. The van der Waals surface area contributed by atoms with Gasteiger partial charge in [-0.1, -0.05) is 25.5 Å². The molecule has 2 aromatic carbocycles. The molecule has 2 aliphatic rings. The Balaban J connectivity index is 1.61. The lowest BCUT2D eigenvalue weighted by molar-refractivity contribution is -0.140. The molecule has 0 radical (unpaired) electrons. The number of pyridine rings is 1. The number of aromatic nitrogens is 1. The molecule has 208 valence electrons. The van der Waals surface area contributed by atoms with Crippen molar-refractivity contribution >= 4 is 17.4 Å². The molecule has 0 spiro atoms. The molecule has 3 heterocycles. The highest BCUT2D eigenvalue weighted by Gasteiger charge is 2.46. The fraction of sp³-hybridized carbons (Fsp3) is 0.344. The number of unbranched alkanes of at least 4 members (excludes halogenated alkanes) is 1. The smallest absolute Gasteiger partial charge is 0.295 e. The number of fused-ring (bicyclic) bond motifs is 1. The molecule has 1 aromatic heterocycles. The zero-order chi connectivity index (χ0) is 28.2. The predicted octanol–water partition coefficient (Wildman–Crippen LogP) is 5.60. The van der Waals surface area contributed by atoms with Crippen LogP contribution >= 0.6 is 0 Å². The summed E-state index contributed by atoms with van der Waals surface area (Å²) in [5.74, 6) is 0.230. The van der Waals surface area contributed by atoms with Gasteiger partial charge in [0.2, 0.25) is 0 Å². The number of carbonyl (C=O) groups is 2. The molecule has 1 saturated heterocycles. The van der Waals surface area contributed by atoms with Crippen LogP contribution in [0.3, 0.4) is 0 Å². The topological polar surface area (TPSA) is 98.2 Å². The Morgan fingerprint density at radius 2 is 1.95 bits per heavy atom. The summed E-state index contributed by atoms with van der Waals surface area (Å²) in [4.78, 5) is 32.6. The van der Waals surface area contributed by atoms with Crippen molar-refractivity contribution in [3.8, 4) is 17.2 Å². The number of rotatable bonds is 10. The van der Waals surface area contributed by atoms with Crippen LogP contribution in [0, 0.1) is 0 Å². The quantitative estimate of drug-likeness (QED) is 0.154. The molecule has 0 unspecified atom stereocenters. The van der Waals surface area contributed by atoms with Gasteiger partial charge in [0.25, 0.3) is 11.7 Å². The number of aliphatic hydroxyl groups is 1. The first-order valence-electron chi connectivity index (χ1n) is 13.8. The van der Waals surface area contributed by atoms with Crippen LogP contribution in [0.25, 0.3) is 5.76 Å². The van der Waals surface area contributed by atoms with Crippen molar-refractivity contribution in [1.29, 1.82) is 0 Å². The Labute approximate surface area is 234 Å². The van der Waals surface area contributed by atoms with E-state index in [9.17, 15) is 14.7 Å². The number of ketones is 1. The highest BCUT2D eigenvalue weighted by Crippen LogP contribution is 2.43. The number of benzene rings is 2. The number of likely N-dealkylation sites (tertiary alicyclic amines) is 1. The third kappa shape index (κ3) is 5.39. The molecule has 1 fully saturated rings. The first kappa shape index (κ1) is 27.2. The summed E-state index contributed by atoms with van der Waals surface area (Å²) < 4.78 is 17.7. The van der Waals surface area contributed by atoms with Crippen LogP contribution in [0.5, 0.6) is 17.2 Å². The van der Waals surface area contributed by atoms with E-state index in [0.717, 1.165) is 29.7 Å². The van der Waals surface area contributed by atoms with E-state index in [-0.39, 0.29) is 24.0 Å². The highest BCUT2D eigenvalue weighted by atomic mass is 16.5. The normalized spacial score (nSPS) is 19.4. The lowest BCUT2D eigenvalue weighted by Crippen LogP contribution is -2.29. The fourth-order valence-corrected chi connectivity index (χ4v) is 5.21. The molecule has 2 aliphatic heterocycles. The summed E-state index contributed by atoms with van der Waals surface area (Å²) in [7, 11) is 0. The van der Waals surface area contributed by atoms with Gasteiger partial charge in [-0.2, -0.15) is 0 Å². The van der Waals surface area contributed by atoms with Crippen molar-refractivity contribution in [2.24, 2.45) is 0 Å². The summed E-state index contributed by atoms with van der Waals surface area (Å²) in [5, 5.41) is 11.6. The zero-order valence-corrected chi connectivity index (χ0v) is 23.1. The van der Waals surface area contributed by atoms with Gasteiger partial charge < -0.3 is 24.2 Å². The van der Waals surface area contributed by atoms with E-state index >= 15 is 0 Å². The van der Waals surface area contributed by atoms with Gasteiger partial charge in [-0.05, 0) is 73.4 Å². The lowest BCUT2D eigenvalue weighted by Gasteiger charge is -2.26. The second kappa shape index (κ2) is 11.8. The third-order valence-electron chi connectivity index (χ3n) is 7.12. The maximum atomic E-state index is 13.5. The second-order valence-corrected chi connectivity index (χ2v) is 10.1. The first-order chi connectivity index (χ1) is 19.4. The minimum absolute atomic E-state index is 0.0305. The summed E-state index contributed by atoms with van der Waals surface area (Å²) in [6.07, 6.45) is 5.95. The standard InChI is InChI=1S/C32H34N2O6/c1-4-6-14-39-26-12-9-22(17-27(26)38-5-2)29-28(30(35)23-10-11-25-24(16-23)15-20(3)40-25)31(36)32(37)34(29)19-21-8-7-13-33-18-21/h7-13,16-18,20,29,35H,4-6,14-15,19H2,1-3H3/t20-,29+/m1/s1. The maximum Gasteiger partial charge on any atom is 0.295 e. The molecular weight excluding hydrogens is 508 g/mol. The largest absolute Gasteiger partial charge is 0.507 e. The first-order valence-corrected chi connectivity index (χ1v) is 13.8. The van der Waals surface area contributed by atoms with Crippen LogP contribution in [0.2, 0.25) is 0 Å². The Bertz CT molecular complexity index is 1430. The summed E-state index contributed by atoms with van der Waals surface area (Å²) in [5.41, 5.74) is 2.84. The van der Waals surface area contributed by atoms with Gasteiger partial charge in [0, 0.05) is 30.9 Å². The molecule has 2 atom stereocenters. The van der Waals surface area contributed by atoms with Crippen molar-refractivity contribution in [1.82, 2.24) is 9.88 Å². The molecule has 3 aromatic rings. The summed E-state index contributed by atoms with van der Waals surface area (Å²) >= 11 is 0. The molecule has 8 heteroatoms. The molecule has 0 saturated carbocycles. The molecule has 40 heavy (non-hydrogen) atoms. The van der Waals surface area contributed by atoms with Gasteiger partial charge in [-0.25, -0.2) is 0 Å². The fourth-order valence-electron chi connectivity index (χ4n) is 5.21. The number of amides is 1. The highest BCUT2D eigenvalue weighted by molar-refractivity contribution is 6.46. The van der Waals surface area contributed by atoms with Crippen molar-refractivity contribution in [2.75, 3.05) is 13.2 Å². The minimum Gasteiger partial charge on any atom is -0.507 e. The van der Waals surface area contributed by atoms with Crippen LogP contribution < -0.4 is 14.2 Å². The third-order valence-corrected chi connectivity index (χ3v) is 7.12. The summed E-state index contributed by atoms with van der Waals surface area (Å²) in [6.45, 7) is 7.07. The van der Waals surface area contributed by atoms with Crippen LogP contribution in [-0.2, 0) is 22.6 Å². The molecule has 0 aliphatic carbocycles. The maximum absolute atomic E-state index is 13.5. The van der Waals surface area contributed by atoms with Gasteiger partial charge in [-0.15, -0.1) is 0 Å². The van der Waals surface area contributed by atoms with Gasteiger partial charge >= 0.3 is 0 Å². The van der Waals surface area contributed by atoms with Crippen molar-refractivity contribution in [3.63, 3.8) is 0 Å². The van der Waals surface area contributed by atoms with E-state index in [4.69, 9.17) is 14.2 Å². The van der Waals surface area contributed by atoms with Gasteiger partial charge in [-0.3, -0.25) is 14.6 Å². The summed E-state index contributed by atoms with van der Waals surface area (Å²) in [6, 6.07) is 13.5. The lowest BCUT2D eigenvalue weighted by atomic mass is 9.94. The molecule has 1 N–H and O–H groups in total. The van der Waals surface area contributed by atoms with Gasteiger partial charge in [0.05, 0.1) is 24.8 Å². The van der Waals surface area contributed by atoms with Crippen LogP contribution in [0.15, 0.2) is 66.5 Å². The van der Waals surface area contributed by atoms with E-state index in [1.165, 1.54) is 4.90 Å². The van der Waals surface area contributed by atoms with Crippen molar-refractivity contribution in [3.05, 3.63) is 88.8 Å². The average Bonchev–Trinajstić information content (AvgIpc) is 3.45. The van der Waals surface area contributed by atoms with E-state index in [0.29, 0.717) is 42.3 Å². The van der Waals surface area contributed by atoms with E-state index in [2.05, 4.69) is 11.9 Å². The Hall–Kier alpha value is -4.33. The molecule has 1 amide bonds. The molecule has 0 bridgehead atoms.